The molecule has 1 amide bonds. The lowest BCUT2D eigenvalue weighted by molar-refractivity contribution is -0.137. The lowest BCUT2D eigenvalue weighted by atomic mass is 10.1. The smallest absolute Gasteiger partial charge is 0.416 e. The van der Waals surface area contributed by atoms with Crippen LogP contribution in [-0.2, 0) is 17.4 Å². The number of alkyl halides is 3. The molecule has 0 bridgehead atoms. The summed E-state index contributed by atoms with van der Waals surface area (Å²) in [6, 6.07) is 16.1. The molecule has 0 atom stereocenters. The Morgan fingerprint density at radius 1 is 1.00 bits per heavy atom. The first-order chi connectivity index (χ1) is 19.3. The zero-order chi connectivity index (χ0) is 28.1. The van der Waals surface area contributed by atoms with E-state index in [4.69, 9.17) is 9.47 Å². The summed E-state index contributed by atoms with van der Waals surface area (Å²) in [5, 5.41) is 7.06. The zero-order valence-electron chi connectivity index (χ0n) is 21.9. The average molecular weight is 551 g/mol. The highest BCUT2D eigenvalue weighted by Gasteiger charge is 2.30. The summed E-state index contributed by atoms with van der Waals surface area (Å²) in [6.45, 7) is 1.45. The van der Waals surface area contributed by atoms with Crippen molar-refractivity contribution in [3.05, 3.63) is 78.1 Å². The first kappa shape index (κ1) is 27.4. The fourth-order valence-electron chi connectivity index (χ4n) is 4.33. The van der Waals surface area contributed by atoms with Crippen LogP contribution in [0.3, 0.4) is 0 Å². The summed E-state index contributed by atoms with van der Waals surface area (Å²) in [7, 11) is 1.59. The van der Waals surface area contributed by atoms with Crippen LogP contribution in [-0.4, -0.2) is 42.2 Å². The maximum absolute atomic E-state index is 12.8. The number of rotatable bonds is 11. The van der Waals surface area contributed by atoms with Gasteiger partial charge in [-0.25, -0.2) is 9.97 Å². The topological polar surface area (TPSA) is 85.4 Å². The standard InChI is InChI=1S/C30H29F3N4O3/c1-39-26-17-25-24(16-27(26)40-14-2-13-34-22-11-12-22)29(36-18-35-25)20-5-9-23(10-6-20)37-28(38)15-19-3-7-21(8-4-19)30(31,32)33/h3-10,16-18,22,34H,2,11-15H2,1H3,(H,37,38). The molecule has 0 saturated heterocycles. The molecule has 1 aliphatic carbocycles. The van der Waals surface area contributed by atoms with Crippen LogP contribution < -0.4 is 20.1 Å². The van der Waals surface area contributed by atoms with Crippen LogP contribution in [0.25, 0.3) is 22.2 Å². The number of aromatic nitrogens is 2. The second-order valence-electron chi connectivity index (χ2n) is 9.67. The SMILES string of the molecule is COc1cc2ncnc(-c3ccc(NC(=O)Cc4ccc(C(F)(F)F)cc4)cc3)c2cc1OCCCNC1CC1. The third kappa shape index (κ3) is 6.87. The van der Waals surface area contributed by atoms with Gasteiger partial charge >= 0.3 is 6.18 Å². The first-order valence-electron chi connectivity index (χ1n) is 13.1. The molecule has 10 heteroatoms. The molecule has 1 aromatic heterocycles. The number of ether oxygens (including phenoxy) is 2. The van der Waals surface area contributed by atoms with Gasteiger partial charge in [0.2, 0.25) is 5.91 Å². The summed E-state index contributed by atoms with van der Waals surface area (Å²) in [4.78, 5) is 21.4. The van der Waals surface area contributed by atoms with E-state index in [-0.39, 0.29) is 12.3 Å². The van der Waals surface area contributed by atoms with Crippen molar-refractivity contribution >= 4 is 22.5 Å². The highest BCUT2D eigenvalue weighted by atomic mass is 19.4. The van der Waals surface area contributed by atoms with Gasteiger partial charge in [0.1, 0.15) is 6.33 Å². The molecule has 1 fully saturated rings. The van der Waals surface area contributed by atoms with Crippen LogP contribution in [0.5, 0.6) is 11.5 Å². The lowest BCUT2D eigenvalue weighted by Crippen LogP contribution is -2.19. The molecule has 5 rings (SSSR count). The van der Waals surface area contributed by atoms with Gasteiger partial charge < -0.3 is 20.1 Å². The minimum atomic E-state index is -4.41. The van der Waals surface area contributed by atoms with Crippen LogP contribution in [0.2, 0.25) is 0 Å². The number of halogens is 3. The molecule has 208 valence electrons. The third-order valence-corrected chi connectivity index (χ3v) is 6.60. The van der Waals surface area contributed by atoms with Crippen molar-refractivity contribution in [3.8, 4) is 22.8 Å². The fraction of sp³-hybridized carbons (Fsp3) is 0.300. The Morgan fingerprint density at radius 3 is 2.42 bits per heavy atom. The van der Waals surface area contributed by atoms with E-state index in [0.717, 1.165) is 36.0 Å². The van der Waals surface area contributed by atoms with Gasteiger partial charge in [0.05, 0.1) is 36.9 Å². The number of amides is 1. The summed E-state index contributed by atoms with van der Waals surface area (Å²) in [5.41, 5.74) is 2.53. The molecule has 4 aromatic rings. The van der Waals surface area contributed by atoms with Gasteiger partial charge in [-0.3, -0.25) is 4.79 Å². The number of anilines is 1. The Bertz CT molecular complexity index is 1470. The van der Waals surface area contributed by atoms with E-state index in [1.54, 1.807) is 19.2 Å². The molecule has 0 aliphatic heterocycles. The molecule has 3 aromatic carbocycles. The van der Waals surface area contributed by atoms with Crippen molar-refractivity contribution in [3.63, 3.8) is 0 Å². The van der Waals surface area contributed by atoms with E-state index < -0.39 is 11.7 Å². The van der Waals surface area contributed by atoms with Gasteiger partial charge in [-0.15, -0.1) is 0 Å². The second kappa shape index (κ2) is 11.9. The van der Waals surface area contributed by atoms with Gasteiger partial charge in [0.25, 0.3) is 0 Å². The first-order valence-corrected chi connectivity index (χ1v) is 13.1. The lowest BCUT2D eigenvalue weighted by Gasteiger charge is -2.14. The molecule has 1 aliphatic rings. The van der Waals surface area contributed by atoms with Crippen molar-refractivity contribution in [1.82, 2.24) is 15.3 Å². The number of carbonyl (C=O) groups excluding carboxylic acids is 1. The van der Waals surface area contributed by atoms with Crippen LogP contribution in [0.1, 0.15) is 30.4 Å². The van der Waals surface area contributed by atoms with Gasteiger partial charge in [0, 0.05) is 28.7 Å². The molecule has 2 N–H and O–H groups in total. The van der Waals surface area contributed by atoms with Crippen LogP contribution in [0.15, 0.2) is 67.0 Å². The zero-order valence-corrected chi connectivity index (χ0v) is 21.9. The van der Waals surface area contributed by atoms with Gasteiger partial charge in [-0.2, -0.15) is 13.2 Å². The molecule has 1 saturated carbocycles. The number of nitrogens with one attached hydrogen (secondary N) is 2. The van der Waals surface area contributed by atoms with Crippen molar-refractivity contribution in [2.45, 2.75) is 37.9 Å². The summed E-state index contributed by atoms with van der Waals surface area (Å²) >= 11 is 0. The molecule has 0 unspecified atom stereocenters. The predicted octanol–water partition coefficient (Wildman–Crippen LogP) is 6.03. The Labute approximate surface area is 229 Å². The maximum Gasteiger partial charge on any atom is 0.416 e. The van der Waals surface area contributed by atoms with E-state index in [0.29, 0.717) is 46.6 Å². The van der Waals surface area contributed by atoms with Gasteiger partial charge in [-0.1, -0.05) is 24.3 Å². The molecule has 0 spiro atoms. The Morgan fingerprint density at radius 2 is 1.75 bits per heavy atom. The van der Waals surface area contributed by atoms with Crippen molar-refractivity contribution in [2.24, 2.45) is 0 Å². The van der Waals surface area contributed by atoms with Crippen molar-refractivity contribution < 1.29 is 27.4 Å². The monoisotopic (exact) mass is 550 g/mol. The second-order valence-corrected chi connectivity index (χ2v) is 9.67. The van der Waals surface area contributed by atoms with E-state index in [2.05, 4.69) is 20.6 Å². The molecule has 0 radical (unpaired) electrons. The van der Waals surface area contributed by atoms with Gasteiger partial charge in [0.15, 0.2) is 11.5 Å². The van der Waals surface area contributed by atoms with Crippen LogP contribution in [0.4, 0.5) is 18.9 Å². The van der Waals surface area contributed by atoms with Crippen molar-refractivity contribution in [1.29, 1.82) is 0 Å². The number of hydrogen-bond donors (Lipinski definition) is 2. The summed E-state index contributed by atoms with van der Waals surface area (Å²) in [6.07, 6.45) is 0.405. The predicted molar refractivity (Wildman–Crippen MR) is 146 cm³/mol. The Hall–Kier alpha value is -4.18. The maximum atomic E-state index is 12.8. The Kier molecular flexibility index (Phi) is 8.16. The quantitative estimate of drug-likeness (QED) is 0.222. The van der Waals surface area contributed by atoms with Gasteiger partial charge in [-0.05, 0) is 61.7 Å². The van der Waals surface area contributed by atoms with Crippen molar-refractivity contribution in [2.75, 3.05) is 25.6 Å². The minimum Gasteiger partial charge on any atom is -0.493 e. The number of benzene rings is 3. The number of methoxy groups -OCH3 is 1. The minimum absolute atomic E-state index is 0.0440. The van der Waals surface area contributed by atoms with E-state index in [1.165, 1.54) is 31.3 Å². The number of nitrogens with zero attached hydrogens (tertiary/aromatic N) is 2. The van der Waals surface area contributed by atoms with E-state index in [9.17, 15) is 18.0 Å². The Balaban J connectivity index is 1.26. The number of carbonyl (C=O) groups is 1. The van der Waals surface area contributed by atoms with E-state index >= 15 is 0 Å². The fourth-order valence-corrected chi connectivity index (χ4v) is 4.33. The third-order valence-electron chi connectivity index (χ3n) is 6.60. The largest absolute Gasteiger partial charge is 0.493 e. The molecular weight excluding hydrogens is 521 g/mol. The summed E-state index contributed by atoms with van der Waals surface area (Å²) < 4.78 is 49.9. The van der Waals surface area contributed by atoms with E-state index in [1.807, 2.05) is 24.3 Å². The average Bonchev–Trinajstić information content (AvgIpc) is 3.77. The molecule has 7 nitrogen and oxygen atoms in total. The molecule has 1 heterocycles. The van der Waals surface area contributed by atoms with Crippen LogP contribution >= 0.6 is 0 Å². The molecule has 40 heavy (non-hydrogen) atoms. The number of hydrogen-bond acceptors (Lipinski definition) is 6. The number of fused-ring (bicyclic) bond motifs is 1. The summed E-state index contributed by atoms with van der Waals surface area (Å²) in [5.74, 6) is 0.879. The highest BCUT2D eigenvalue weighted by molar-refractivity contribution is 5.95. The van der Waals surface area contributed by atoms with Crippen LogP contribution in [0, 0.1) is 0 Å². The highest BCUT2D eigenvalue weighted by Crippen LogP contribution is 2.36. The normalized spacial score (nSPS) is 13.3. The molecular formula is C30H29F3N4O3.